The second kappa shape index (κ2) is 36.4. The summed E-state index contributed by atoms with van der Waals surface area (Å²) in [6.07, 6.45) is 4.84. The monoisotopic (exact) mass is 1310 g/mol. The van der Waals surface area contributed by atoms with Crippen molar-refractivity contribution in [2.24, 2.45) is 35.5 Å². The molecular weight excluding hydrogens is 1190 g/mol. The average Bonchev–Trinajstić information content (AvgIpc) is 1.75. The van der Waals surface area contributed by atoms with Crippen molar-refractivity contribution in [3.8, 4) is 0 Å². The topological polar surface area (TPSA) is 287 Å². The highest BCUT2D eigenvalue weighted by Crippen LogP contribution is 2.31. The number of nitrogens with zero attached hydrogens (tertiary/aromatic N) is 9. The lowest BCUT2D eigenvalue weighted by molar-refractivity contribution is -0.157. The van der Waals surface area contributed by atoms with Crippen molar-refractivity contribution in [1.82, 2.24) is 65.5 Å². The summed E-state index contributed by atoms with van der Waals surface area (Å²) in [7, 11) is 12.3. The Morgan fingerprint density at radius 3 is 1.71 bits per heavy atom. The van der Waals surface area contributed by atoms with Gasteiger partial charge in [0.25, 0.3) is 0 Å². The molecule has 2 aliphatic heterocycles. The van der Waals surface area contributed by atoms with Crippen LogP contribution in [0.15, 0.2) is 36.7 Å². The molecule has 93 heavy (non-hydrogen) atoms. The van der Waals surface area contributed by atoms with Gasteiger partial charge in [0.1, 0.15) is 66.6 Å². The SMILES string of the molecule is C/C=C/C[C@@H](C)[C@H]1OC(C)[C@H]2C(=O)N(C)[C@@H]1C(=O)N[C@@H](CC)C(=O)N(C)[C@H](C)C(=O)N(C)[C@@H]([C@H](C)CN(C)Cc1cccnc1)C(=O)N[C@@H](C(C)C)C(=O)N(C)[C@@H](CC(C)C)C(=O)N[C@@H](C)C(=O)N[C@H](C)C(=O)N(C)[C@@H](CC(C)C)C(=O)N(C)[C@@H](CC(C)C)C(O)N2C. The molecule has 2 bridgehead atoms. The molecule has 0 aliphatic carbocycles. The number of likely N-dealkylation sites (N-methyl/N-ethyl adjacent to an activating group) is 7. The standard InChI is InChI=1S/C68H117N13O12/c1-25-27-29-42(11)57-56-61(85)72-49(26-2)64(88)75(18)46(15)63(87)79(22)54(43(12)36-74(17)37-48-30-28-31-69-35-48)60(84)73-53(41(9)10)67(91)76(19)50(32-38(3)4)59(83)70-44(13)58(82)71-45(14)62(86)77(20)51(33-39(5)6)65(89)78(21)52(34-40(7)8)66(90)80(23)55(47(16)93-57)68(92)81(56)24/h25,27-28,30-31,35,38-47,49-57,66,90H,26,29,32-34,36-37H2,1-24H3,(H,70,83)(H,71,82)(H,72,85)(H,73,84)/b27-25+/t42-,43-,44+,45-,46-,47?,49+,50+,51+,52+,53+,54+,55+,56+,57-,66?/m1/s1. The minimum absolute atomic E-state index is 0.0618. The summed E-state index contributed by atoms with van der Waals surface area (Å²) in [6, 6.07) is -9.41. The molecule has 2 saturated heterocycles. The number of fused-ring (bicyclic) bond motifs is 3. The lowest BCUT2D eigenvalue weighted by atomic mass is 9.92. The predicted molar refractivity (Wildman–Crippen MR) is 358 cm³/mol. The molecule has 25 heteroatoms. The summed E-state index contributed by atoms with van der Waals surface area (Å²) in [5, 5.41) is 24.0. The number of hydrogen-bond acceptors (Lipinski definition) is 15. The quantitative estimate of drug-likeness (QED) is 0.148. The van der Waals surface area contributed by atoms with Crippen molar-refractivity contribution < 1.29 is 57.8 Å². The van der Waals surface area contributed by atoms with Gasteiger partial charge in [0, 0.05) is 67.8 Å². The number of nitrogens with one attached hydrogen (secondary N) is 4. The molecule has 0 saturated carbocycles. The highest BCUT2D eigenvalue weighted by Gasteiger charge is 2.51. The Labute approximate surface area is 555 Å². The van der Waals surface area contributed by atoms with Crippen LogP contribution >= 0.6 is 0 Å². The zero-order chi connectivity index (χ0) is 71.0. The Morgan fingerprint density at radius 2 is 1.17 bits per heavy atom. The Morgan fingerprint density at radius 1 is 0.602 bits per heavy atom. The summed E-state index contributed by atoms with van der Waals surface area (Å²) in [5.41, 5.74) is 0.901. The highest BCUT2D eigenvalue weighted by atomic mass is 16.5. The summed E-state index contributed by atoms with van der Waals surface area (Å²) in [5.74, 6) is -8.30. The third-order valence-electron chi connectivity index (χ3n) is 18.5. The van der Waals surface area contributed by atoms with Gasteiger partial charge in [-0.3, -0.25) is 57.8 Å². The number of rotatable bonds is 16. The fraction of sp³-hybridized carbons (Fsp3) is 0.750. The first-order valence-corrected chi connectivity index (χ1v) is 33.3. The smallest absolute Gasteiger partial charge is 0.246 e. The molecule has 3 heterocycles. The summed E-state index contributed by atoms with van der Waals surface area (Å²) in [4.78, 5) is 164. The van der Waals surface area contributed by atoms with E-state index in [4.69, 9.17) is 4.74 Å². The number of ether oxygens (including phenoxy) is 1. The van der Waals surface area contributed by atoms with Crippen LogP contribution in [0.25, 0.3) is 0 Å². The van der Waals surface area contributed by atoms with Crippen LogP contribution in [-0.4, -0.2) is 256 Å². The molecule has 5 N–H and O–H groups in total. The van der Waals surface area contributed by atoms with Crippen molar-refractivity contribution in [3.63, 3.8) is 0 Å². The van der Waals surface area contributed by atoms with Gasteiger partial charge in [-0.1, -0.05) is 94.4 Å². The molecule has 526 valence electrons. The molecule has 1 aromatic rings. The first-order valence-electron chi connectivity index (χ1n) is 33.3. The summed E-state index contributed by atoms with van der Waals surface area (Å²) < 4.78 is 6.84. The number of aliphatic hydroxyl groups is 1. The van der Waals surface area contributed by atoms with E-state index in [0.29, 0.717) is 13.0 Å². The van der Waals surface area contributed by atoms with Crippen molar-refractivity contribution in [2.75, 3.05) is 62.9 Å². The van der Waals surface area contributed by atoms with E-state index in [-0.39, 0.29) is 55.9 Å². The van der Waals surface area contributed by atoms with Gasteiger partial charge in [-0.05, 0) is 128 Å². The van der Waals surface area contributed by atoms with Gasteiger partial charge in [-0.15, -0.1) is 0 Å². The molecule has 2 fully saturated rings. The lowest BCUT2D eigenvalue weighted by Gasteiger charge is -2.43. The maximum atomic E-state index is 15.2. The van der Waals surface area contributed by atoms with Gasteiger partial charge >= 0.3 is 0 Å². The fourth-order valence-electron chi connectivity index (χ4n) is 12.7. The minimum Gasteiger partial charge on any atom is -0.376 e. The Balaban J connectivity index is 2.35. The van der Waals surface area contributed by atoms with E-state index >= 15 is 24.0 Å². The number of hydrogen-bond donors (Lipinski definition) is 5. The summed E-state index contributed by atoms with van der Waals surface area (Å²) in [6.45, 7) is 29.0. The van der Waals surface area contributed by atoms with Crippen molar-refractivity contribution in [2.45, 2.75) is 234 Å². The number of amides is 10. The van der Waals surface area contributed by atoms with Gasteiger partial charge in [-0.25, -0.2) is 0 Å². The van der Waals surface area contributed by atoms with E-state index < -0.39 is 156 Å². The number of aromatic nitrogens is 1. The van der Waals surface area contributed by atoms with Gasteiger partial charge in [0.2, 0.25) is 59.1 Å². The van der Waals surface area contributed by atoms with Crippen LogP contribution in [0.2, 0.25) is 0 Å². The van der Waals surface area contributed by atoms with Crippen molar-refractivity contribution in [1.29, 1.82) is 0 Å². The van der Waals surface area contributed by atoms with Gasteiger partial charge in [0.05, 0.1) is 18.2 Å². The third-order valence-corrected chi connectivity index (χ3v) is 18.5. The van der Waals surface area contributed by atoms with Gasteiger partial charge in [0.15, 0.2) is 0 Å². The molecule has 3 rings (SSSR count). The molecular formula is C68H117N13O12. The van der Waals surface area contributed by atoms with E-state index in [1.54, 1.807) is 61.1 Å². The van der Waals surface area contributed by atoms with E-state index in [0.717, 1.165) is 5.56 Å². The third kappa shape index (κ3) is 21.2. The van der Waals surface area contributed by atoms with E-state index in [9.17, 15) is 29.1 Å². The highest BCUT2D eigenvalue weighted by molar-refractivity contribution is 5.99. The summed E-state index contributed by atoms with van der Waals surface area (Å²) >= 11 is 0. The second-order valence-electron chi connectivity index (χ2n) is 28.1. The van der Waals surface area contributed by atoms with E-state index in [2.05, 4.69) is 26.3 Å². The number of carbonyl (C=O) groups excluding carboxylic acids is 10. The molecule has 0 spiro atoms. The van der Waals surface area contributed by atoms with Crippen LogP contribution in [0.3, 0.4) is 0 Å². The zero-order valence-corrected chi connectivity index (χ0v) is 60.4. The maximum Gasteiger partial charge on any atom is 0.246 e. The molecule has 1 aromatic heterocycles. The molecule has 16 atom stereocenters. The molecule has 10 amide bonds. The lowest BCUT2D eigenvalue weighted by Crippen LogP contribution is -2.63. The number of pyridine rings is 1. The van der Waals surface area contributed by atoms with Crippen LogP contribution in [0, 0.1) is 35.5 Å². The van der Waals surface area contributed by atoms with E-state index in [1.807, 2.05) is 91.6 Å². The normalized spacial score (nSPS) is 29.5. The number of carbonyl (C=O) groups is 10. The maximum absolute atomic E-state index is 15.2. The minimum atomic E-state index is -1.52. The van der Waals surface area contributed by atoms with E-state index in [1.165, 1.54) is 90.3 Å². The van der Waals surface area contributed by atoms with Gasteiger partial charge < -0.3 is 65.4 Å². The largest absolute Gasteiger partial charge is 0.376 e. The molecule has 2 unspecified atom stereocenters. The van der Waals surface area contributed by atoms with Crippen LogP contribution in [0.1, 0.15) is 148 Å². The van der Waals surface area contributed by atoms with Crippen LogP contribution in [-0.2, 0) is 59.2 Å². The van der Waals surface area contributed by atoms with Crippen LogP contribution in [0.5, 0.6) is 0 Å². The second-order valence-corrected chi connectivity index (χ2v) is 28.1. The Bertz CT molecular complexity index is 2720. The average molecular weight is 1310 g/mol. The first-order chi connectivity index (χ1) is 43.3. The molecule has 0 aromatic carbocycles. The number of allylic oxidation sites excluding steroid dienone is 2. The Hall–Kier alpha value is -6.57. The van der Waals surface area contributed by atoms with Gasteiger partial charge in [-0.2, -0.15) is 0 Å². The zero-order valence-electron chi connectivity index (χ0n) is 60.4. The van der Waals surface area contributed by atoms with Crippen molar-refractivity contribution >= 4 is 59.1 Å². The fourth-order valence-corrected chi connectivity index (χ4v) is 12.7. The van der Waals surface area contributed by atoms with Crippen LogP contribution < -0.4 is 21.3 Å². The van der Waals surface area contributed by atoms with Crippen molar-refractivity contribution in [3.05, 3.63) is 42.2 Å². The number of aliphatic hydroxyl groups excluding tert-OH is 1. The molecule has 25 nitrogen and oxygen atoms in total. The molecule has 2 aliphatic rings. The first kappa shape index (κ1) is 80.7. The Kier molecular flexibility index (Phi) is 31.5. The predicted octanol–water partition coefficient (Wildman–Crippen LogP) is 3.34. The molecule has 0 radical (unpaired) electrons. The van der Waals surface area contributed by atoms with Crippen LogP contribution in [0.4, 0.5) is 0 Å².